The fourth-order valence-electron chi connectivity index (χ4n) is 1.53. The van der Waals surface area contributed by atoms with Crippen LogP contribution in [0.1, 0.15) is 17.3 Å². The third-order valence-corrected chi connectivity index (χ3v) is 2.33. The molecule has 0 aromatic heterocycles. The lowest BCUT2D eigenvalue weighted by molar-refractivity contribution is 0.112. The van der Waals surface area contributed by atoms with E-state index in [1.807, 2.05) is 0 Å². The van der Waals surface area contributed by atoms with Crippen LogP contribution in [0.4, 0.5) is 10.1 Å². The first-order chi connectivity index (χ1) is 7.60. The molecule has 0 aliphatic carbocycles. The van der Waals surface area contributed by atoms with Crippen molar-refractivity contribution >= 4 is 12.0 Å². The summed E-state index contributed by atoms with van der Waals surface area (Å²) in [6.07, 6.45) is 0.498. The minimum atomic E-state index is -0.538. The molecule has 0 spiro atoms. The first-order valence-electron chi connectivity index (χ1n) is 4.94. The zero-order valence-electron chi connectivity index (χ0n) is 9.27. The van der Waals surface area contributed by atoms with Gasteiger partial charge >= 0.3 is 0 Å². The Labute approximate surface area is 94.1 Å². The van der Waals surface area contributed by atoms with Crippen LogP contribution in [-0.2, 0) is 0 Å². The summed E-state index contributed by atoms with van der Waals surface area (Å²) in [5.74, 6) is -0.711. The highest BCUT2D eigenvalue weighted by molar-refractivity contribution is 5.84. The van der Waals surface area contributed by atoms with Crippen LogP contribution in [-0.4, -0.2) is 19.9 Å². The van der Waals surface area contributed by atoms with Gasteiger partial charge in [-0.25, -0.2) is 4.39 Å². The van der Waals surface area contributed by atoms with E-state index >= 15 is 0 Å². The third kappa shape index (κ3) is 2.57. The summed E-state index contributed by atoms with van der Waals surface area (Å²) in [5, 5.41) is 8.69. The lowest BCUT2D eigenvalue weighted by Gasteiger charge is -2.22. The normalized spacial score (nSPS) is 11.6. The van der Waals surface area contributed by atoms with E-state index in [9.17, 15) is 9.18 Å². The van der Waals surface area contributed by atoms with Crippen molar-refractivity contribution in [2.45, 2.75) is 6.92 Å². The van der Waals surface area contributed by atoms with Crippen LogP contribution in [0.5, 0.6) is 0 Å². The Bertz CT molecular complexity index is 426. The maximum Gasteiger partial charge on any atom is 0.155 e. The number of rotatable bonds is 4. The Morgan fingerprint density at radius 3 is 2.88 bits per heavy atom. The van der Waals surface area contributed by atoms with Crippen LogP contribution in [0.15, 0.2) is 18.2 Å². The summed E-state index contributed by atoms with van der Waals surface area (Å²) in [4.78, 5) is 12.5. The standard InChI is InChI=1S/C12H13FN2O/c1-9(6-14)7-15(2)12-5-3-4-11(13)10(12)8-16/h3-5,8-9H,7H2,1-2H3. The van der Waals surface area contributed by atoms with Gasteiger partial charge in [0.05, 0.1) is 23.2 Å². The van der Waals surface area contributed by atoms with Gasteiger partial charge in [-0.3, -0.25) is 4.79 Å². The second kappa shape index (κ2) is 5.26. The second-order valence-corrected chi connectivity index (χ2v) is 3.70. The van der Waals surface area contributed by atoms with Crippen molar-refractivity contribution in [1.29, 1.82) is 5.26 Å². The molecule has 0 bridgehead atoms. The van der Waals surface area contributed by atoms with Gasteiger partial charge in [0.25, 0.3) is 0 Å². The zero-order valence-corrected chi connectivity index (χ0v) is 9.27. The first kappa shape index (κ1) is 12.2. The first-order valence-corrected chi connectivity index (χ1v) is 4.94. The van der Waals surface area contributed by atoms with Crippen LogP contribution >= 0.6 is 0 Å². The molecule has 1 aromatic carbocycles. The predicted molar refractivity (Wildman–Crippen MR) is 59.8 cm³/mol. The summed E-state index contributed by atoms with van der Waals surface area (Å²) < 4.78 is 13.3. The molecule has 1 atom stereocenters. The Morgan fingerprint density at radius 2 is 2.31 bits per heavy atom. The number of carbonyl (C=O) groups excluding carboxylic acids is 1. The Kier molecular flexibility index (Phi) is 4.01. The number of nitriles is 1. The minimum absolute atomic E-state index is 0.0372. The fraction of sp³-hybridized carbons (Fsp3) is 0.333. The molecule has 0 aliphatic rings. The lowest BCUT2D eigenvalue weighted by Crippen LogP contribution is -2.24. The molecule has 4 heteroatoms. The van der Waals surface area contributed by atoms with E-state index in [4.69, 9.17) is 5.26 Å². The maximum atomic E-state index is 13.3. The van der Waals surface area contributed by atoms with Gasteiger partial charge in [-0.1, -0.05) is 6.07 Å². The summed E-state index contributed by atoms with van der Waals surface area (Å²) in [5.41, 5.74) is 0.548. The van der Waals surface area contributed by atoms with Crippen molar-refractivity contribution in [3.05, 3.63) is 29.6 Å². The van der Waals surface area contributed by atoms with Gasteiger partial charge in [0.15, 0.2) is 6.29 Å². The highest BCUT2D eigenvalue weighted by atomic mass is 19.1. The molecule has 3 nitrogen and oxygen atoms in total. The highest BCUT2D eigenvalue weighted by Crippen LogP contribution is 2.21. The molecular formula is C12H13FN2O. The smallest absolute Gasteiger partial charge is 0.155 e. The van der Waals surface area contributed by atoms with E-state index in [0.717, 1.165) is 0 Å². The fourth-order valence-corrected chi connectivity index (χ4v) is 1.53. The second-order valence-electron chi connectivity index (χ2n) is 3.70. The molecule has 0 saturated heterocycles. The van der Waals surface area contributed by atoms with Crippen molar-refractivity contribution in [1.82, 2.24) is 0 Å². The molecule has 1 unspecified atom stereocenters. The van der Waals surface area contributed by atoms with Gasteiger partial charge in [0.2, 0.25) is 0 Å². The van der Waals surface area contributed by atoms with Crippen molar-refractivity contribution < 1.29 is 9.18 Å². The van der Waals surface area contributed by atoms with E-state index in [2.05, 4.69) is 6.07 Å². The molecular weight excluding hydrogens is 207 g/mol. The molecule has 0 fully saturated rings. The van der Waals surface area contributed by atoms with Crippen molar-refractivity contribution in [2.24, 2.45) is 5.92 Å². The quantitative estimate of drug-likeness (QED) is 0.731. The van der Waals surface area contributed by atoms with Crippen LogP contribution in [0.25, 0.3) is 0 Å². The van der Waals surface area contributed by atoms with E-state index in [1.165, 1.54) is 6.07 Å². The Balaban J connectivity index is 3.00. The topological polar surface area (TPSA) is 44.1 Å². The third-order valence-electron chi connectivity index (χ3n) is 2.33. The number of halogens is 1. The average molecular weight is 220 g/mol. The zero-order chi connectivity index (χ0) is 12.1. The SMILES string of the molecule is CC(C#N)CN(C)c1cccc(F)c1C=O. The molecule has 1 aromatic rings. The van der Waals surface area contributed by atoms with Crippen LogP contribution in [0.2, 0.25) is 0 Å². The number of hydrogen-bond donors (Lipinski definition) is 0. The average Bonchev–Trinajstić information content (AvgIpc) is 2.28. The molecule has 0 radical (unpaired) electrons. The molecule has 0 N–H and O–H groups in total. The summed E-state index contributed by atoms with van der Waals surface area (Å²) in [6.45, 7) is 2.23. The van der Waals surface area contributed by atoms with Crippen LogP contribution < -0.4 is 4.90 Å². The molecule has 16 heavy (non-hydrogen) atoms. The lowest BCUT2D eigenvalue weighted by atomic mass is 10.1. The number of aldehydes is 1. The van der Waals surface area contributed by atoms with Crippen molar-refractivity contribution in [3.8, 4) is 6.07 Å². The van der Waals surface area contributed by atoms with Crippen molar-refractivity contribution in [2.75, 3.05) is 18.5 Å². The van der Waals surface area contributed by atoms with Crippen molar-refractivity contribution in [3.63, 3.8) is 0 Å². The number of benzene rings is 1. The number of nitrogens with zero attached hydrogens (tertiary/aromatic N) is 2. The summed E-state index contributed by atoms with van der Waals surface area (Å²) in [6, 6.07) is 6.55. The summed E-state index contributed by atoms with van der Waals surface area (Å²) in [7, 11) is 1.73. The molecule has 0 aliphatic heterocycles. The van der Waals surface area contributed by atoms with Gasteiger partial charge < -0.3 is 4.90 Å². The van der Waals surface area contributed by atoms with Crippen LogP contribution in [0.3, 0.4) is 0 Å². The monoisotopic (exact) mass is 220 g/mol. The van der Waals surface area contributed by atoms with E-state index in [0.29, 0.717) is 18.5 Å². The molecule has 0 heterocycles. The minimum Gasteiger partial charge on any atom is -0.373 e. The Morgan fingerprint density at radius 1 is 1.62 bits per heavy atom. The number of hydrogen-bond acceptors (Lipinski definition) is 3. The molecule has 84 valence electrons. The van der Waals surface area contributed by atoms with Gasteiger partial charge in [-0.05, 0) is 19.1 Å². The predicted octanol–water partition coefficient (Wildman–Crippen LogP) is 2.23. The molecule has 0 amide bonds. The summed E-state index contributed by atoms with van der Waals surface area (Å²) >= 11 is 0. The van der Waals surface area contributed by atoms with E-state index in [1.54, 1.807) is 31.0 Å². The molecule has 1 rings (SSSR count). The maximum absolute atomic E-state index is 13.3. The number of anilines is 1. The van der Waals surface area contributed by atoms with Crippen LogP contribution in [0, 0.1) is 23.1 Å². The van der Waals surface area contributed by atoms with E-state index < -0.39 is 5.82 Å². The van der Waals surface area contributed by atoms with Gasteiger partial charge in [0, 0.05) is 13.6 Å². The van der Waals surface area contributed by atoms with Gasteiger partial charge in [-0.15, -0.1) is 0 Å². The van der Waals surface area contributed by atoms with Gasteiger partial charge in [-0.2, -0.15) is 5.26 Å². The number of carbonyl (C=O) groups is 1. The van der Waals surface area contributed by atoms with Gasteiger partial charge in [0.1, 0.15) is 5.82 Å². The Hall–Kier alpha value is -1.89. The molecule has 0 saturated carbocycles. The largest absolute Gasteiger partial charge is 0.373 e. The van der Waals surface area contributed by atoms with E-state index in [-0.39, 0.29) is 11.5 Å². The highest BCUT2D eigenvalue weighted by Gasteiger charge is 2.13.